The van der Waals surface area contributed by atoms with Gasteiger partial charge in [0.25, 0.3) is 0 Å². The number of hydrogen-bond donors (Lipinski definition) is 3. The second kappa shape index (κ2) is 8.33. The molecule has 1 amide bonds. The molecule has 0 saturated heterocycles. The Morgan fingerprint density at radius 2 is 1.71 bits per heavy atom. The molecule has 21 heavy (non-hydrogen) atoms. The summed E-state index contributed by atoms with van der Waals surface area (Å²) in [6, 6.07) is -0.841. The first-order valence-corrected chi connectivity index (χ1v) is 8.79. The average molecular weight is 322 g/mol. The van der Waals surface area contributed by atoms with Crippen LogP contribution in [0.1, 0.15) is 46.5 Å². The fourth-order valence-electron chi connectivity index (χ4n) is 1.73. The lowest BCUT2D eigenvalue weighted by molar-refractivity contribution is -0.137. The van der Waals surface area contributed by atoms with Crippen molar-refractivity contribution >= 4 is 21.9 Å². The zero-order chi connectivity index (χ0) is 16.7. The van der Waals surface area contributed by atoms with Gasteiger partial charge in [0.05, 0.1) is 6.26 Å². The van der Waals surface area contributed by atoms with Crippen LogP contribution in [-0.4, -0.2) is 44.2 Å². The maximum Gasteiger partial charge on any atom is 0.303 e. The molecule has 0 aromatic heterocycles. The molecule has 0 radical (unpaired) electrons. The van der Waals surface area contributed by atoms with Gasteiger partial charge in [0, 0.05) is 13.0 Å². The van der Waals surface area contributed by atoms with Crippen LogP contribution in [0.3, 0.4) is 0 Å². The topological polar surface area (TPSA) is 113 Å². The van der Waals surface area contributed by atoms with Crippen molar-refractivity contribution in [1.29, 1.82) is 0 Å². The monoisotopic (exact) mass is 322 g/mol. The summed E-state index contributed by atoms with van der Waals surface area (Å²) in [5.74, 6) is -1.20. The minimum atomic E-state index is -3.48. The van der Waals surface area contributed by atoms with Crippen LogP contribution in [0.4, 0.5) is 0 Å². The van der Waals surface area contributed by atoms with E-state index in [1.165, 1.54) is 0 Å². The molecule has 124 valence electrons. The fraction of sp³-hybridized carbons (Fsp3) is 0.846. The molecule has 0 spiro atoms. The Morgan fingerprint density at radius 1 is 1.14 bits per heavy atom. The van der Waals surface area contributed by atoms with Gasteiger partial charge in [-0.2, -0.15) is 0 Å². The van der Waals surface area contributed by atoms with E-state index in [-0.39, 0.29) is 12.3 Å². The number of carboxylic acids is 1. The molecule has 0 aliphatic carbocycles. The summed E-state index contributed by atoms with van der Waals surface area (Å²) in [5.41, 5.74) is -0.545. The van der Waals surface area contributed by atoms with E-state index < -0.39 is 27.4 Å². The van der Waals surface area contributed by atoms with E-state index >= 15 is 0 Å². The molecule has 0 bridgehead atoms. The molecule has 0 aliphatic rings. The van der Waals surface area contributed by atoms with Gasteiger partial charge in [-0.1, -0.05) is 27.2 Å². The standard InChI is InChI=1S/C13H26N2O5S/c1-13(2,3)11(15-21(4,19)20)12(18)14-9-7-5-6-8-10(16)17/h11,15H,5-9H2,1-4H3,(H,14,18)(H,16,17). The Hall–Kier alpha value is -1.15. The van der Waals surface area contributed by atoms with Crippen molar-refractivity contribution < 1.29 is 23.1 Å². The van der Waals surface area contributed by atoms with Crippen LogP contribution in [0, 0.1) is 5.41 Å². The molecule has 8 heteroatoms. The maximum absolute atomic E-state index is 12.1. The highest BCUT2D eigenvalue weighted by Gasteiger charge is 2.33. The predicted molar refractivity (Wildman–Crippen MR) is 80.3 cm³/mol. The van der Waals surface area contributed by atoms with Gasteiger partial charge in [-0.15, -0.1) is 0 Å². The Balaban J connectivity index is 4.28. The summed E-state index contributed by atoms with van der Waals surface area (Å²) in [7, 11) is -3.48. The first-order valence-electron chi connectivity index (χ1n) is 6.90. The Labute approximate surface area is 126 Å². The molecule has 0 aromatic carbocycles. The number of carboxylic acid groups (broad SMARTS) is 1. The highest BCUT2D eigenvalue weighted by molar-refractivity contribution is 7.88. The number of carbonyl (C=O) groups is 2. The molecule has 1 unspecified atom stereocenters. The molecule has 0 rings (SSSR count). The first kappa shape index (κ1) is 19.9. The number of carbonyl (C=O) groups excluding carboxylic acids is 1. The van der Waals surface area contributed by atoms with Gasteiger partial charge in [-0.3, -0.25) is 9.59 Å². The minimum Gasteiger partial charge on any atom is -0.481 e. The first-order chi connectivity index (χ1) is 9.43. The van der Waals surface area contributed by atoms with Crippen LogP contribution in [0.2, 0.25) is 0 Å². The normalized spacial score (nSPS) is 13.7. The van der Waals surface area contributed by atoms with Crippen LogP contribution in [0.5, 0.6) is 0 Å². The highest BCUT2D eigenvalue weighted by Crippen LogP contribution is 2.20. The Morgan fingerprint density at radius 3 is 2.14 bits per heavy atom. The SMILES string of the molecule is CC(C)(C)C(NS(C)(=O)=O)C(=O)NCCCCCC(=O)O. The van der Waals surface area contributed by atoms with Gasteiger partial charge in [0.15, 0.2) is 0 Å². The predicted octanol–water partition coefficient (Wildman–Crippen LogP) is 0.712. The van der Waals surface area contributed by atoms with Crippen LogP contribution < -0.4 is 10.0 Å². The van der Waals surface area contributed by atoms with Gasteiger partial charge in [-0.25, -0.2) is 13.1 Å². The van der Waals surface area contributed by atoms with E-state index in [9.17, 15) is 18.0 Å². The van der Waals surface area contributed by atoms with Crippen LogP contribution in [0.15, 0.2) is 0 Å². The molecular weight excluding hydrogens is 296 g/mol. The minimum absolute atomic E-state index is 0.119. The van der Waals surface area contributed by atoms with E-state index in [4.69, 9.17) is 5.11 Å². The van der Waals surface area contributed by atoms with Crippen LogP contribution >= 0.6 is 0 Å². The summed E-state index contributed by atoms with van der Waals surface area (Å²) in [4.78, 5) is 22.4. The third-order valence-corrected chi connectivity index (χ3v) is 3.49. The molecule has 3 N–H and O–H groups in total. The fourth-order valence-corrected chi connectivity index (χ4v) is 2.62. The lowest BCUT2D eigenvalue weighted by Gasteiger charge is -2.29. The number of aliphatic carboxylic acids is 1. The lowest BCUT2D eigenvalue weighted by Crippen LogP contribution is -2.53. The van der Waals surface area contributed by atoms with Crippen molar-refractivity contribution in [3.05, 3.63) is 0 Å². The third kappa shape index (κ3) is 10.3. The van der Waals surface area contributed by atoms with Crippen molar-refractivity contribution in [2.45, 2.75) is 52.5 Å². The quantitative estimate of drug-likeness (QED) is 0.541. The second-order valence-electron chi connectivity index (χ2n) is 6.18. The molecule has 7 nitrogen and oxygen atoms in total. The van der Waals surface area contributed by atoms with E-state index in [0.717, 1.165) is 6.26 Å². The number of hydrogen-bond acceptors (Lipinski definition) is 4. The number of nitrogens with one attached hydrogen (secondary N) is 2. The van der Waals surface area contributed by atoms with E-state index in [1.807, 2.05) is 0 Å². The van der Waals surface area contributed by atoms with Gasteiger partial charge >= 0.3 is 5.97 Å². The summed E-state index contributed by atoms with van der Waals surface area (Å²) < 4.78 is 25.0. The summed E-state index contributed by atoms with van der Waals surface area (Å²) in [5, 5.41) is 11.2. The van der Waals surface area contributed by atoms with Gasteiger partial charge in [0.1, 0.15) is 6.04 Å². The lowest BCUT2D eigenvalue weighted by atomic mass is 9.87. The summed E-state index contributed by atoms with van der Waals surface area (Å²) in [6.45, 7) is 5.74. The van der Waals surface area contributed by atoms with Gasteiger partial charge < -0.3 is 10.4 Å². The largest absolute Gasteiger partial charge is 0.481 e. The Kier molecular flexibility index (Phi) is 7.87. The Bertz CT molecular complexity index is 454. The highest BCUT2D eigenvalue weighted by atomic mass is 32.2. The smallest absolute Gasteiger partial charge is 0.303 e. The van der Waals surface area contributed by atoms with Crippen molar-refractivity contribution in [3.8, 4) is 0 Å². The molecule has 1 atom stereocenters. The average Bonchev–Trinajstić information content (AvgIpc) is 2.27. The van der Waals surface area contributed by atoms with E-state index in [0.29, 0.717) is 25.8 Å². The van der Waals surface area contributed by atoms with Crippen LogP contribution in [-0.2, 0) is 19.6 Å². The van der Waals surface area contributed by atoms with E-state index in [1.54, 1.807) is 20.8 Å². The molecule has 0 aliphatic heterocycles. The molecule has 0 heterocycles. The number of rotatable bonds is 9. The number of amides is 1. The zero-order valence-electron chi connectivity index (χ0n) is 13.1. The zero-order valence-corrected chi connectivity index (χ0v) is 13.9. The summed E-state index contributed by atoms with van der Waals surface area (Å²) in [6.07, 6.45) is 3.07. The molecular formula is C13H26N2O5S. The summed E-state index contributed by atoms with van der Waals surface area (Å²) >= 11 is 0. The maximum atomic E-state index is 12.1. The van der Waals surface area contributed by atoms with Crippen molar-refractivity contribution in [1.82, 2.24) is 10.0 Å². The van der Waals surface area contributed by atoms with Gasteiger partial charge in [0.2, 0.25) is 15.9 Å². The van der Waals surface area contributed by atoms with Gasteiger partial charge in [-0.05, 0) is 18.3 Å². The van der Waals surface area contributed by atoms with E-state index in [2.05, 4.69) is 10.0 Å². The molecule has 0 aromatic rings. The van der Waals surface area contributed by atoms with Crippen molar-refractivity contribution in [3.63, 3.8) is 0 Å². The molecule has 0 saturated carbocycles. The molecule has 0 fully saturated rings. The number of sulfonamides is 1. The third-order valence-electron chi connectivity index (χ3n) is 2.83. The van der Waals surface area contributed by atoms with Crippen molar-refractivity contribution in [2.24, 2.45) is 5.41 Å². The number of unbranched alkanes of at least 4 members (excludes halogenated alkanes) is 2. The van der Waals surface area contributed by atoms with Crippen molar-refractivity contribution in [2.75, 3.05) is 12.8 Å². The second-order valence-corrected chi connectivity index (χ2v) is 7.96. The van der Waals surface area contributed by atoms with Crippen LogP contribution in [0.25, 0.3) is 0 Å².